The average molecular weight is 731 g/mol. The van der Waals surface area contributed by atoms with Gasteiger partial charge in [0, 0.05) is 13.1 Å². The molecular weight excluding hydrogens is 633 g/mol. The van der Waals surface area contributed by atoms with Crippen LogP contribution in [0.1, 0.15) is 220 Å². The van der Waals surface area contributed by atoms with Crippen molar-refractivity contribution in [2.24, 2.45) is 23.3 Å². The highest BCUT2D eigenvalue weighted by atomic mass is 15.1. The zero-order valence-corrected chi connectivity index (χ0v) is 36.4. The van der Waals surface area contributed by atoms with Gasteiger partial charge in [-0.15, -0.1) is 0 Å². The molecule has 310 valence electrons. The molecule has 0 rings (SSSR count). The van der Waals surface area contributed by atoms with Crippen LogP contribution in [-0.2, 0) is 0 Å². The predicted octanol–water partition coefficient (Wildman–Crippen LogP) is 13.6. The minimum absolute atomic E-state index is 0.586. The van der Waals surface area contributed by atoms with Gasteiger partial charge in [-0.25, -0.2) is 0 Å². The van der Waals surface area contributed by atoms with Crippen LogP contribution in [-0.4, -0.2) is 62.2 Å². The summed E-state index contributed by atoms with van der Waals surface area (Å²) in [5.41, 5.74) is 12.1. The molecule has 0 spiro atoms. The highest BCUT2D eigenvalue weighted by molar-refractivity contribution is 4.82. The third-order valence-corrected chi connectivity index (χ3v) is 11.1. The molecule has 0 aliphatic heterocycles. The first-order chi connectivity index (χ1) is 25.6. The number of unbranched alkanes of at least 4 members (excludes halogenated alkanes) is 25. The molecule has 0 aromatic rings. The van der Waals surface area contributed by atoms with Crippen molar-refractivity contribution < 1.29 is 0 Å². The zero-order chi connectivity index (χ0) is 38.0. The maximum atomic E-state index is 6.05. The molecule has 0 aliphatic rings. The number of nitrogens with zero attached hydrogens (tertiary/aromatic N) is 2. The smallest absolute Gasteiger partial charge is 0.00191 e. The quantitative estimate of drug-likeness (QED) is 0.0484. The van der Waals surface area contributed by atoms with Gasteiger partial charge in [-0.3, -0.25) is 0 Å². The lowest BCUT2D eigenvalue weighted by molar-refractivity contribution is 0.207. The second-order valence-corrected chi connectivity index (χ2v) is 16.9. The first kappa shape index (κ1) is 51.3. The molecular formula is C48H98N4. The van der Waals surface area contributed by atoms with Crippen molar-refractivity contribution in [1.29, 1.82) is 0 Å². The molecule has 4 heteroatoms. The van der Waals surface area contributed by atoms with E-state index in [4.69, 9.17) is 11.5 Å². The van der Waals surface area contributed by atoms with E-state index in [-0.39, 0.29) is 0 Å². The molecule has 2 atom stereocenters. The number of hydrogen-bond donors (Lipinski definition) is 2. The lowest BCUT2D eigenvalue weighted by Gasteiger charge is -2.27. The molecule has 0 radical (unpaired) electrons. The van der Waals surface area contributed by atoms with Gasteiger partial charge < -0.3 is 21.3 Å². The van der Waals surface area contributed by atoms with Crippen molar-refractivity contribution in [2.45, 2.75) is 220 Å². The van der Waals surface area contributed by atoms with Crippen molar-refractivity contribution in [3.05, 3.63) is 24.3 Å². The fraction of sp³-hybridized carbons (Fsp3) is 0.917. The molecule has 4 nitrogen and oxygen atoms in total. The fourth-order valence-corrected chi connectivity index (χ4v) is 7.46. The number of nitrogens with two attached hydrogens (primary N) is 2. The predicted molar refractivity (Wildman–Crippen MR) is 237 cm³/mol. The summed E-state index contributed by atoms with van der Waals surface area (Å²) in [4.78, 5) is 5.45. The summed E-state index contributed by atoms with van der Waals surface area (Å²) in [7, 11) is 0. The largest absolute Gasteiger partial charge is 0.330 e. The topological polar surface area (TPSA) is 58.5 Å². The second-order valence-electron chi connectivity index (χ2n) is 16.9. The molecule has 2 unspecified atom stereocenters. The first-order valence-electron chi connectivity index (χ1n) is 23.7. The molecule has 0 saturated heterocycles. The minimum atomic E-state index is 0.586. The summed E-state index contributed by atoms with van der Waals surface area (Å²) >= 11 is 0. The van der Waals surface area contributed by atoms with Crippen LogP contribution < -0.4 is 11.5 Å². The highest BCUT2D eigenvalue weighted by Crippen LogP contribution is 2.14. The van der Waals surface area contributed by atoms with Gasteiger partial charge in [0.15, 0.2) is 0 Å². The second kappa shape index (κ2) is 43.1. The Morgan fingerprint density at radius 2 is 0.577 bits per heavy atom. The van der Waals surface area contributed by atoms with E-state index in [0.717, 1.165) is 26.2 Å². The monoisotopic (exact) mass is 731 g/mol. The maximum Gasteiger partial charge on any atom is 0.00191 e. The van der Waals surface area contributed by atoms with Gasteiger partial charge in [0.05, 0.1) is 0 Å². The van der Waals surface area contributed by atoms with Crippen LogP contribution in [0.3, 0.4) is 0 Å². The SMILES string of the molecule is CCCCCCCC/C=C\CCCCCCCCN(CCCCN(CCCCCCCC/C=C\CCCCCCCC)CC(C)CN)CC(C)CN. The van der Waals surface area contributed by atoms with Crippen molar-refractivity contribution in [3.63, 3.8) is 0 Å². The van der Waals surface area contributed by atoms with E-state index < -0.39 is 0 Å². The fourth-order valence-electron chi connectivity index (χ4n) is 7.46. The van der Waals surface area contributed by atoms with E-state index >= 15 is 0 Å². The van der Waals surface area contributed by atoms with Gasteiger partial charge in [-0.05, 0) is 128 Å². The molecule has 0 bridgehead atoms. The number of allylic oxidation sites excluding steroid dienone is 4. The van der Waals surface area contributed by atoms with Crippen molar-refractivity contribution in [2.75, 3.05) is 52.4 Å². The van der Waals surface area contributed by atoms with Gasteiger partial charge in [0.25, 0.3) is 0 Å². The Hall–Kier alpha value is -0.680. The molecule has 0 aliphatic carbocycles. The summed E-state index contributed by atoms with van der Waals surface area (Å²) in [6.07, 6.45) is 50.9. The Balaban J connectivity index is 4.08. The Labute approximate surface area is 329 Å². The zero-order valence-electron chi connectivity index (χ0n) is 36.4. The van der Waals surface area contributed by atoms with E-state index in [0.29, 0.717) is 11.8 Å². The van der Waals surface area contributed by atoms with E-state index in [1.165, 1.54) is 219 Å². The standard InChI is InChI=1S/C48H98N4/c1-5-7-9-11-13-15-17-19-21-23-25-27-29-31-33-35-39-51(45-47(3)43-49)41-37-38-42-52(46-48(4)44-50)40-36-34-32-30-28-26-24-22-20-18-16-14-12-10-8-6-2/h19-22,47-48H,5-18,23-46,49-50H2,1-4H3/b21-19-,22-20-. The third-order valence-electron chi connectivity index (χ3n) is 11.1. The maximum absolute atomic E-state index is 6.05. The molecule has 0 aromatic carbocycles. The number of hydrogen-bond acceptors (Lipinski definition) is 4. The Bertz CT molecular complexity index is 661. The van der Waals surface area contributed by atoms with Crippen LogP contribution in [0.25, 0.3) is 0 Å². The van der Waals surface area contributed by atoms with Gasteiger partial charge in [-0.2, -0.15) is 0 Å². The average Bonchev–Trinajstić information content (AvgIpc) is 3.15. The highest BCUT2D eigenvalue weighted by Gasteiger charge is 2.12. The Kier molecular flexibility index (Phi) is 42.5. The molecule has 4 N–H and O–H groups in total. The van der Waals surface area contributed by atoms with Gasteiger partial charge in [-0.1, -0.05) is 168 Å². The van der Waals surface area contributed by atoms with Crippen molar-refractivity contribution >= 4 is 0 Å². The number of rotatable bonds is 43. The van der Waals surface area contributed by atoms with E-state index in [2.05, 4.69) is 61.8 Å². The van der Waals surface area contributed by atoms with Crippen molar-refractivity contribution in [1.82, 2.24) is 9.80 Å². The van der Waals surface area contributed by atoms with Crippen molar-refractivity contribution in [3.8, 4) is 0 Å². The lowest BCUT2D eigenvalue weighted by atomic mass is 10.1. The van der Waals surface area contributed by atoms with Gasteiger partial charge in [0.1, 0.15) is 0 Å². The van der Waals surface area contributed by atoms with Gasteiger partial charge >= 0.3 is 0 Å². The summed E-state index contributed by atoms with van der Waals surface area (Å²) in [5.74, 6) is 1.17. The summed E-state index contributed by atoms with van der Waals surface area (Å²) < 4.78 is 0. The third kappa shape index (κ3) is 39.0. The molecule has 0 heterocycles. The van der Waals surface area contributed by atoms with Crippen LogP contribution in [0.2, 0.25) is 0 Å². The Morgan fingerprint density at radius 3 is 0.846 bits per heavy atom. The van der Waals surface area contributed by atoms with Crippen LogP contribution in [0.5, 0.6) is 0 Å². The van der Waals surface area contributed by atoms with Crippen LogP contribution in [0.4, 0.5) is 0 Å². The Morgan fingerprint density at radius 1 is 0.346 bits per heavy atom. The van der Waals surface area contributed by atoms with E-state index in [1.54, 1.807) is 0 Å². The summed E-state index contributed by atoms with van der Waals surface area (Å²) in [6.45, 7) is 18.1. The van der Waals surface area contributed by atoms with Crippen LogP contribution >= 0.6 is 0 Å². The molecule has 0 fully saturated rings. The first-order valence-corrected chi connectivity index (χ1v) is 23.7. The molecule has 0 amide bonds. The molecule has 0 aromatic heterocycles. The van der Waals surface area contributed by atoms with E-state index in [1.807, 2.05) is 0 Å². The molecule has 0 saturated carbocycles. The normalized spacial score (nSPS) is 13.5. The molecule has 52 heavy (non-hydrogen) atoms. The van der Waals surface area contributed by atoms with Gasteiger partial charge in [0.2, 0.25) is 0 Å². The summed E-state index contributed by atoms with van der Waals surface area (Å²) in [5, 5.41) is 0. The van der Waals surface area contributed by atoms with Crippen LogP contribution in [0.15, 0.2) is 24.3 Å². The van der Waals surface area contributed by atoms with E-state index in [9.17, 15) is 0 Å². The van der Waals surface area contributed by atoms with Crippen LogP contribution in [0, 0.1) is 11.8 Å². The summed E-state index contributed by atoms with van der Waals surface area (Å²) in [6, 6.07) is 0. The minimum Gasteiger partial charge on any atom is -0.330 e. The lowest BCUT2D eigenvalue weighted by Crippen LogP contribution is -2.35.